The predicted molar refractivity (Wildman–Crippen MR) is 142 cm³/mol. The van der Waals surface area contributed by atoms with Gasteiger partial charge in [-0.25, -0.2) is 0 Å². The van der Waals surface area contributed by atoms with Crippen molar-refractivity contribution >= 4 is 35.8 Å². The van der Waals surface area contributed by atoms with Crippen LogP contribution in [0.25, 0.3) is 0 Å². The topological polar surface area (TPSA) is 81.9 Å². The molecule has 2 aliphatic heterocycles. The van der Waals surface area contributed by atoms with Gasteiger partial charge >= 0.3 is 0 Å². The van der Waals surface area contributed by atoms with Crippen LogP contribution in [0.5, 0.6) is 0 Å². The minimum atomic E-state index is -0.159. The highest BCUT2D eigenvalue weighted by molar-refractivity contribution is 14.0. The van der Waals surface area contributed by atoms with Gasteiger partial charge in [-0.1, -0.05) is 30.3 Å². The quantitative estimate of drug-likeness (QED) is 0.197. The lowest BCUT2D eigenvalue weighted by molar-refractivity contribution is 0.0925. The molecule has 1 aromatic heterocycles. The van der Waals surface area contributed by atoms with Gasteiger partial charge in [-0.15, -0.1) is 24.0 Å². The van der Waals surface area contributed by atoms with Crippen LogP contribution in [0, 0.1) is 6.92 Å². The minimum Gasteiger partial charge on any atom is -0.459 e. The van der Waals surface area contributed by atoms with E-state index in [-0.39, 0.29) is 29.9 Å². The number of aryl methyl sites for hydroxylation is 1. The summed E-state index contributed by atoms with van der Waals surface area (Å²) in [7, 11) is 1.82. The largest absolute Gasteiger partial charge is 0.459 e. The molecular weight excluding hydrogens is 529 g/mol. The van der Waals surface area contributed by atoms with Crippen molar-refractivity contribution in [1.29, 1.82) is 0 Å². The number of furan rings is 1. The molecule has 0 saturated carbocycles. The Labute approximate surface area is 213 Å². The first-order chi connectivity index (χ1) is 15.6. The van der Waals surface area contributed by atoms with Gasteiger partial charge in [0, 0.05) is 50.4 Å². The Kier molecular flexibility index (Phi) is 9.61. The number of amides is 1. The Bertz CT molecular complexity index is 903. The van der Waals surface area contributed by atoms with Crippen molar-refractivity contribution in [2.75, 3.05) is 20.1 Å². The molecule has 2 saturated heterocycles. The number of nitrogens with zero attached hydrogens (tertiary/aromatic N) is 2. The highest BCUT2D eigenvalue weighted by Crippen LogP contribution is 2.36. The number of nitrogens with one attached hydrogen (secondary N) is 3. The van der Waals surface area contributed by atoms with Gasteiger partial charge in [0.2, 0.25) is 0 Å². The fourth-order valence-corrected chi connectivity index (χ4v) is 5.02. The second-order valence-electron chi connectivity index (χ2n) is 8.90. The van der Waals surface area contributed by atoms with Crippen molar-refractivity contribution in [3.8, 4) is 0 Å². The molecule has 7 nitrogen and oxygen atoms in total. The summed E-state index contributed by atoms with van der Waals surface area (Å²) in [6.45, 7) is 4.26. The number of carbonyl (C=O) groups excluding carboxylic acids is 1. The summed E-state index contributed by atoms with van der Waals surface area (Å²) in [4.78, 5) is 19.2. The van der Waals surface area contributed by atoms with Crippen LogP contribution in [0.1, 0.15) is 53.8 Å². The summed E-state index contributed by atoms with van der Waals surface area (Å²) in [6, 6.07) is 14.3. The fourth-order valence-electron chi connectivity index (χ4n) is 5.02. The molecule has 3 heterocycles. The van der Waals surface area contributed by atoms with Crippen molar-refractivity contribution in [3.05, 3.63) is 59.5 Å². The number of hydrogen-bond acceptors (Lipinski definition) is 4. The van der Waals surface area contributed by atoms with E-state index < -0.39 is 0 Å². The lowest BCUT2D eigenvalue weighted by Crippen LogP contribution is -2.52. The molecule has 180 valence electrons. The average Bonchev–Trinajstić information content (AvgIpc) is 3.32. The smallest absolute Gasteiger partial charge is 0.287 e. The molecule has 0 aliphatic carbocycles. The fraction of sp³-hybridized carbons (Fsp3) is 0.520. The van der Waals surface area contributed by atoms with Crippen LogP contribution in [-0.2, 0) is 6.54 Å². The number of halogens is 1. The molecule has 2 bridgehead atoms. The molecule has 1 aromatic carbocycles. The summed E-state index contributed by atoms with van der Waals surface area (Å²) in [6.07, 6.45) is 7.24. The molecule has 0 spiro atoms. The van der Waals surface area contributed by atoms with Crippen molar-refractivity contribution in [2.45, 2.75) is 63.7 Å². The lowest BCUT2D eigenvalue weighted by atomic mass is 9.96. The number of benzene rings is 1. The van der Waals surface area contributed by atoms with Crippen LogP contribution < -0.4 is 16.0 Å². The van der Waals surface area contributed by atoms with Crippen molar-refractivity contribution in [3.63, 3.8) is 0 Å². The zero-order valence-corrected chi connectivity index (χ0v) is 21.9. The van der Waals surface area contributed by atoms with E-state index in [4.69, 9.17) is 4.42 Å². The van der Waals surface area contributed by atoms with E-state index in [1.807, 2.05) is 14.0 Å². The number of hydrogen-bond donors (Lipinski definition) is 3. The van der Waals surface area contributed by atoms with E-state index in [9.17, 15) is 4.79 Å². The van der Waals surface area contributed by atoms with E-state index in [1.165, 1.54) is 18.4 Å². The molecule has 2 atom stereocenters. The Balaban J connectivity index is 0.00000306. The zero-order chi connectivity index (χ0) is 22.3. The van der Waals surface area contributed by atoms with E-state index in [2.05, 4.69) is 56.2 Å². The number of guanidine groups is 1. The molecule has 2 aromatic rings. The molecule has 8 heteroatoms. The number of rotatable bonds is 8. The Morgan fingerprint density at radius 3 is 2.42 bits per heavy atom. The molecule has 2 unspecified atom stereocenters. The average molecular weight is 566 g/mol. The zero-order valence-electron chi connectivity index (χ0n) is 19.5. The molecule has 0 radical (unpaired) electrons. The van der Waals surface area contributed by atoms with E-state index >= 15 is 0 Å². The van der Waals surface area contributed by atoms with Crippen LogP contribution in [0.15, 0.2) is 52.1 Å². The van der Waals surface area contributed by atoms with Crippen LogP contribution in [-0.4, -0.2) is 55.0 Å². The van der Waals surface area contributed by atoms with Crippen LogP contribution in [0.3, 0.4) is 0 Å². The van der Waals surface area contributed by atoms with Gasteiger partial charge < -0.3 is 20.4 Å². The normalized spacial score (nSPS) is 22.5. The molecule has 1 amide bonds. The first-order valence-corrected chi connectivity index (χ1v) is 11.7. The standard InChI is InChI=1S/C25H35N5O2.HI/c1-18-11-14-32-23(18)24(31)27-12-6-13-28-25(26-2)29-20-15-21-9-10-22(16-20)30(21)17-19-7-4-3-5-8-19;/h3-5,7-8,11,14,20-22H,6,9-10,12-13,15-17H2,1-2H3,(H,27,31)(H2,26,28,29);1H. The maximum absolute atomic E-state index is 12.1. The van der Waals surface area contributed by atoms with Crippen LogP contribution in [0.2, 0.25) is 0 Å². The van der Waals surface area contributed by atoms with Crippen molar-refractivity contribution in [1.82, 2.24) is 20.9 Å². The minimum absolute atomic E-state index is 0. The summed E-state index contributed by atoms with van der Waals surface area (Å²) in [5.74, 6) is 1.08. The van der Waals surface area contributed by atoms with Gasteiger partial charge in [0.05, 0.1) is 6.26 Å². The Morgan fingerprint density at radius 1 is 1.09 bits per heavy atom. The summed E-state index contributed by atoms with van der Waals surface area (Å²) >= 11 is 0. The van der Waals surface area contributed by atoms with Crippen LogP contribution in [0.4, 0.5) is 0 Å². The second-order valence-corrected chi connectivity index (χ2v) is 8.90. The maximum atomic E-state index is 12.1. The Hall–Kier alpha value is -2.07. The third kappa shape index (κ3) is 6.72. The molecule has 2 fully saturated rings. The maximum Gasteiger partial charge on any atom is 0.287 e. The number of carbonyl (C=O) groups is 1. The Morgan fingerprint density at radius 2 is 1.79 bits per heavy atom. The number of piperidine rings is 1. The first kappa shape index (κ1) is 25.6. The number of aliphatic imine (C=N–C) groups is 1. The molecule has 33 heavy (non-hydrogen) atoms. The summed E-state index contributed by atoms with van der Waals surface area (Å²) in [5, 5.41) is 9.92. The van der Waals surface area contributed by atoms with Gasteiger partial charge in [0.15, 0.2) is 11.7 Å². The third-order valence-corrected chi connectivity index (χ3v) is 6.66. The highest BCUT2D eigenvalue weighted by Gasteiger charge is 2.40. The van der Waals surface area contributed by atoms with Crippen molar-refractivity contribution < 1.29 is 9.21 Å². The lowest BCUT2D eigenvalue weighted by Gasteiger charge is -2.39. The summed E-state index contributed by atoms with van der Waals surface area (Å²) in [5.41, 5.74) is 2.26. The molecule has 3 N–H and O–H groups in total. The number of fused-ring (bicyclic) bond motifs is 2. The van der Waals surface area contributed by atoms with E-state index in [1.54, 1.807) is 12.3 Å². The van der Waals surface area contributed by atoms with Gasteiger partial charge in [0.25, 0.3) is 5.91 Å². The van der Waals surface area contributed by atoms with Gasteiger partial charge in [-0.2, -0.15) is 0 Å². The van der Waals surface area contributed by atoms with Gasteiger partial charge in [-0.05, 0) is 50.7 Å². The van der Waals surface area contributed by atoms with Gasteiger partial charge in [-0.3, -0.25) is 14.7 Å². The monoisotopic (exact) mass is 565 g/mol. The first-order valence-electron chi connectivity index (χ1n) is 11.7. The van der Waals surface area contributed by atoms with E-state index in [0.717, 1.165) is 43.9 Å². The van der Waals surface area contributed by atoms with Gasteiger partial charge in [0.1, 0.15) is 0 Å². The van der Waals surface area contributed by atoms with E-state index in [0.29, 0.717) is 30.4 Å². The molecular formula is C25H36IN5O2. The predicted octanol–water partition coefficient (Wildman–Crippen LogP) is 3.69. The third-order valence-electron chi connectivity index (χ3n) is 6.66. The second kappa shape index (κ2) is 12.4. The van der Waals surface area contributed by atoms with Crippen LogP contribution >= 0.6 is 24.0 Å². The van der Waals surface area contributed by atoms with Crippen molar-refractivity contribution in [2.24, 2.45) is 4.99 Å². The SMILES string of the molecule is CN=C(NCCCNC(=O)c1occc1C)NC1CC2CCC(C1)N2Cc1ccccc1.I. The molecule has 2 aliphatic rings. The summed E-state index contributed by atoms with van der Waals surface area (Å²) < 4.78 is 5.23. The highest BCUT2D eigenvalue weighted by atomic mass is 127. The molecule has 4 rings (SSSR count).